The van der Waals surface area contributed by atoms with Crippen molar-refractivity contribution in [2.24, 2.45) is 4.99 Å². The number of guanidine groups is 1. The predicted molar refractivity (Wildman–Crippen MR) is 129 cm³/mol. The number of aliphatic imine (C=N–C) groups is 1. The van der Waals surface area contributed by atoms with Gasteiger partial charge in [-0.25, -0.2) is 9.38 Å². The van der Waals surface area contributed by atoms with Crippen LogP contribution in [0.3, 0.4) is 0 Å². The summed E-state index contributed by atoms with van der Waals surface area (Å²) < 4.78 is 24.2. The molecule has 3 rings (SSSR count). The van der Waals surface area contributed by atoms with Gasteiger partial charge in [0, 0.05) is 26.2 Å². The zero-order valence-corrected chi connectivity index (χ0v) is 20.3. The van der Waals surface area contributed by atoms with E-state index in [4.69, 9.17) is 9.15 Å². The van der Waals surface area contributed by atoms with E-state index in [1.54, 1.807) is 19.1 Å². The van der Waals surface area contributed by atoms with E-state index < -0.39 is 5.60 Å². The van der Waals surface area contributed by atoms with Gasteiger partial charge in [-0.05, 0) is 43.7 Å². The molecule has 7 nitrogen and oxygen atoms in total. The van der Waals surface area contributed by atoms with Crippen molar-refractivity contribution < 1.29 is 18.7 Å². The van der Waals surface area contributed by atoms with Crippen LogP contribution in [0, 0.1) is 5.82 Å². The Morgan fingerprint density at radius 2 is 1.94 bits per heavy atom. The Morgan fingerprint density at radius 1 is 1.23 bits per heavy atom. The molecular formula is C22H32FIN4O3. The maximum atomic E-state index is 13.4. The van der Waals surface area contributed by atoms with Crippen molar-refractivity contribution in [1.29, 1.82) is 0 Å². The van der Waals surface area contributed by atoms with Crippen LogP contribution in [-0.2, 0) is 10.3 Å². The number of morpholine rings is 1. The van der Waals surface area contributed by atoms with Crippen LogP contribution in [0.15, 0.2) is 52.1 Å². The highest BCUT2D eigenvalue weighted by Gasteiger charge is 2.27. The SMILES string of the molecule is CCNC(=NCC(C)(O)c1ccco1)NCC(c1ccc(F)cc1)N1CCOCC1.I. The molecule has 2 atom stereocenters. The number of hydrogen-bond acceptors (Lipinski definition) is 5. The number of ether oxygens (including phenoxy) is 1. The number of halogens is 2. The minimum Gasteiger partial charge on any atom is -0.466 e. The molecule has 1 aromatic heterocycles. The molecule has 1 saturated heterocycles. The summed E-state index contributed by atoms with van der Waals surface area (Å²) in [5.74, 6) is 0.826. The Labute approximate surface area is 200 Å². The van der Waals surface area contributed by atoms with Gasteiger partial charge >= 0.3 is 0 Å². The molecule has 1 aliphatic rings. The molecule has 0 spiro atoms. The highest BCUT2D eigenvalue weighted by molar-refractivity contribution is 14.0. The van der Waals surface area contributed by atoms with Crippen molar-refractivity contribution in [3.63, 3.8) is 0 Å². The van der Waals surface area contributed by atoms with Crippen molar-refractivity contribution in [3.05, 3.63) is 59.8 Å². The summed E-state index contributed by atoms with van der Waals surface area (Å²) >= 11 is 0. The van der Waals surface area contributed by atoms with E-state index in [0.717, 1.165) is 18.7 Å². The van der Waals surface area contributed by atoms with Crippen LogP contribution in [0.2, 0.25) is 0 Å². The third-order valence-electron chi connectivity index (χ3n) is 5.15. The van der Waals surface area contributed by atoms with Gasteiger partial charge in [0.05, 0.1) is 32.1 Å². The monoisotopic (exact) mass is 546 g/mol. The van der Waals surface area contributed by atoms with E-state index in [9.17, 15) is 9.50 Å². The molecule has 3 N–H and O–H groups in total. The second-order valence-corrected chi connectivity index (χ2v) is 7.54. The molecule has 2 aromatic rings. The molecule has 0 bridgehead atoms. The Bertz CT molecular complexity index is 794. The normalized spacial score (nSPS) is 18.0. The van der Waals surface area contributed by atoms with Gasteiger partial charge in [0.25, 0.3) is 0 Å². The maximum absolute atomic E-state index is 13.4. The molecule has 2 heterocycles. The van der Waals surface area contributed by atoms with Gasteiger partial charge in [-0.1, -0.05) is 12.1 Å². The van der Waals surface area contributed by atoms with Gasteiger partial charge < -0.3 is 24.9 Å². The minimum absolute atomic E-state index is 0. The Kier molecular flexibility index (Phi) is 10.2. The number of aliphatic hydroxyl groups is 1. The lowest BCUT2D eigenvalue weighted by atomic mass is 10.0. The van der Waals surface area contributed by atoms with E-state index >= 15 is 0 Å². The summed E-state index contributed by atoms with van der Waals surface area (Å²) in [4.78, 5) is 6.87. The third-order valence-corrected chi connectivity index (χ3v) is 5.15. The highest BCUT2D eigenvalue weighted by Crippen LogP contribution is 2.23. The van der Waals surface area contributed by atoms with Crippen molar-refractivity contribution in [2.45, 2.75) is 25.5 Å². The Balaban J connectivity index is 0.00000341. The zero-order valence-electron chi connectivity index (χ0n) is 18.0. The molecule has 0 saturated carbocycles. The summed E-state index contributed by atoms with van der Waals surface area (Å²) in [6, 6.07) is 10.1. The third kappa shape index (κ3) is 7.44. The zero-order chi connectivity index (χ0) is 21.4. The van der Waals surface area contributed by atoms with Crippen molar-refractivity contribution in [2.75, 3.05) is 45.9 Å². The molecule has 172 valence electrons. The van der Waals surface area contributed by atoms with E-state index in [1.807, 2.05) is 19.1 Å². The first-order valence-electron chi connectivity index (χ1n) is 10.4. The van der Waals surface area contributed by atoms with Crippen LogP contribution in [0.5, 0.6) is 0 Å². The van der Waals surface area contributed by atoms with Crippen LogP contribution in [0.25, 0.3) is 0 Å². The fourth-order valence-corrected chi connectivity index (χ4v) is 3.46. The molecule has 1 fully saturated rings. The number of benzene rings is 1. The van der Waals surface area contributed by atoms with Gasteiger partial charge in [-0.3, -0.25) is 4.90 Å². The first kappa shape index (κ1) is 25.6. The lowest BCUT2D eigenvalue weighted by Crippen LogP contribution is -2.46. The second-order valence-electron chi connectivity index (χ2n) is 7.54. The summed E-state index contributed by atoms with van der Waals surface area (Å²) in [7, 11) is 0. The minimum atomic E-state index is -1.20. The average molecular weight is 546 g/mol. The van der Waals surface area contributed by atoms with Crippen LogP contribution < -0.4 is 10.6 Å². The van der Waals surface area contributed by atoms with Gasteiger partial charge in [0.2, 0.25) is 0 Å². The number of hydrogen-bond donors (Lipinski definition) is 3. The van der Waals surface area contributed by atoms with Crippen molar-refractivity contribution >= 4 is 29.9 Å². The quantitative estimate of drug-likeness (QED) is 0.269. The average Bonchev–Trinajstić information content (AvgIpc) is 3.30. The summed E-state index contributed by atoms with van der Waals surface area (Å²) in [6.07, 6.45) is 1.53. The van der Waals surface area contributed by atoms with Crippen LogP contribution in [0.4, 0.5) is 4.39 Å². The number of rotatable bonds is 8. The maximum Gasteiger partial charge on any atom is 0.191 e. The lowest BCUT2D eigenvalue weighted by Gasteiger charge is -2.35. The fourth-order valence-electron chi connectivity index (χ4n) is 3.46. The molecule has 0 amide bonds. The van der Waals surface area contributed by atoms with Gasteiger partial charge in [0.15, 0.2) is 5.96 Å². The molecule has 31 heavy (non-hydrogen) atoms. The van der Waals surface area contributed by atoms with Gasteiger partial charge in [-0.2, -0.15) is 0 Å². The summed E-state index contributed by atoms with van der Waals surface area (Å²) in [5.41, 5.74) is -0.170. The Hall–Kier alpha value is -1.69. The molecule has 0 radical (unpaired) electrons. The molecular weight excluding hydrogens is 514 g/mol. The van der Waals surface area contributed by atoms with Gasteiger partial charge in [0.1, 0.15) is 17.2 Å². The second kappa shape index (κ2) is 12.4. The molecule has 1 aliphatic heterocycles. The topological polar surface area (TPSA) is 82.3 Å². The molecule has 0 aliphatic carbocycles. The first-order valence-corrected chi connectivity index (χ1v) is 10.4. The summed E-state index contributed by atoms with van der Waals surface area (Å²) in [5, 5.41) is 17.2. The van der Waals surface area contributed by atoms with E-state index in [0.29, 0.717) is 38.0 Å². The van der Waals surface area contributed by atoms with Crippen LogP contribution >= 0.6 is 24.0 Å². The number of nitrogens with zero attached hydrogens (tertiary/aromatic N) is 2. The smallest absolute Gasteiger partial charge is 0.191 e. The van der Waals surface area contributed by atoms with Gasteiger partial charge in [-0.15, -0.1) is 24.0 Å². The van der Waals surface area contributed by atoms with Crippen molar-refractivity contribution in [3.8, 4) is 0 Å². The fraction of sp³-hybridized carbons (Fsp3) is 0.500. The first-order chi connectivity index (χ1) is 14.5. The Morgan fingerprint density at radius 3 is 2.55 bits per heavy atom. The summed E-state index contributed by atoms with van der Waals surface area (Å²) in [6.45, 7) is 8.06. The molecule has 1 aromatic carbocycles. The number of nitrogens with one attached hydrogen (secondary N) is 2. The van der Waals surface area contributed by atoms with Crippen LogP contribution in [0.1, 0.15) is 31.2 Å². The predicted octanol–water partition coefficient (Wildman–Crippen LogP) is 2.87. The lowest BCUT2D eigenvalue weighted by molar-refractivity contribution is 0.0169. The molecule has 9 heteroatoms. The standard InChI is InChI=1S/C22H31FN4O3.HI/c1-3-24-21(26-16-22(2,28)20-5-4-12-30-20)25-15-19(27-10-13-29-14-11-27)17-6-8-18(23)9-7-17;/h4-9,12,19,28H,3,10-11,13-16H2,1-2H3,(H2,24,25,26);1H. The molecule has 2 unspecified atom stereocenters. The van der Waals surface area contributed by atoms with E-state index in [1.165, 1.54) is 18.4 Å². The van der Waals surface area contributed by atoms with E-state index in [-0.39, 0.29) is 42.4 Å². The largest absolute Gasteiger partial charge is 0.466 e. The van der Waals surface area contributed by atoms with Crippen LogP contribution in [-0.4, -0.2) is 61.9 Å². The van der Waals surface area contributed by atoms with E-state index in [2.05, 4.69) is 20.5 Å². The van der Waals surface area contributed by atoms with Crippen molar-refractivity contribution in [1.82, 2.24) is 15.5 Å². The number of furan rings is 1. The highest BCUT2D eigenvalue weighted by atomic mass is 127.